The van der Waals surface area contributed by atoms with Crippen LogP contribution in [0.5, 0.6) is 0 Å². The smallest absolute Gasteiger partial charge is 0.407 e. The van der Waals surface area contributed by atoms with Gasteiger partial charge in [0.05, 0.1) is 5.69 Å². The van der Waals surface area contributed by atoms with Crippen molar-refractivity contribution in [2.24, 2.45) is 0 Å². The summed E-state index contributed by atoms with van der Waals surface area (Å²) in [6, 6.07) is 19.6. The zero-order valence-corrected chi connectivity index (χ0v) is 19.3. The molecule has 0 radical (unpaired) electrons. The molecule has 180 valence electrons. The number of nitrogens with one attached hydrogen (secondary N) is 2. The van der Waals surface area contributed by atoms with Crippen LogP contribution in [0.2, 0.25) is 0 Å². The van der Waals surface area contributed by atoms with Gasteiger partial charge >= 0.3 is 12.1 Å². The first-order valence-electron chi connectivity index (χ1n) is 11.1. The molecular weight excluding hydrogens is 451 g/mol. The van der Waals surface area contributed by atoms with Crippen LogP contribution in [-0.4, -0.2) is 35.2 Å². The third-order valence-corrected chi connectivity index (χ3v) is 5.89. The Labute approximate surface area is 201 Å². The van der Waals surface area contributed by atoms with Crippen LogP contribution >= 0.6 is 0 Å². The van der Waals surface area contributed by atoms with E-state index in [0.29, 0.717) is 0 Å². The highest BCUT2D eigenvalue weighted by molar-refractivity contribution is 6.01. The van der Waals surface area contributed by atoms with Crippen molar-refractivity contribution in [2.75, 3.05) is 11.9 Å². The SMILES string of the molecule is CC(C)(CC(=O)Nc1cccc(F)c1C(=O)O)NC(=O)OCC1c2ccccc2-c2ccccc21. The van der Waals surface area contributed by atoms with Gasteiger partial charge in [-0.2, -0.15) is 0 Å². The minimum atomic E-state index is -1.49. The molecule has 0 heterocycles. The van der Waals surface area contributed by atoms with Crippen LogP contribution in [-0.2, 0) is 9.53 Å². The van der Waals surface area contributed by atoms with Gasteiger partial charge in [-0.25, -0.2) is 14.0 Å². The first-order valence-corrected chi connectivity index (χ1v) is 11.1. The van der Waals surface area contributed by atoms with Crippen molar-refractivity contribution in [2.45, 2.75) is 31.7 Å². The minimum Gasteiger partial charge on any atom is -0.478 e. The molecule has 3 aromatic carbocycles. The second-order valence-electron chi connectivity index (χ2n) is 9.03. The normalized spacial score (nSPS) is 12.4. The monoisotopic (exact) mass is 476 g/mol. The molecule has 0 saturated heterocycles. The third-order valence-electron chi connectivity index (χ3n) is 5.89. The molecule has 35 heavy (non-hydrogen) atoms. The third kappa shape index (κ3) is 5.16. The van der Waals surface area contributed by atoms with Crippen LogP contribution in [0.25, 0.3) is 11.1 Å². The summed E-state index contributed by atoms with van der Waals surface area (Å²) in [6.07, 6.45) is -0.867. The molecule has 0 atom stereocenters. The zero-order valence-electron chi connectivity index (χ0n) is 19.3. The van der Waals surface area contributed by atoms with Gasteiger partial charge in [0.25, 0.3) is 0 Å². The second kappa shape index (κ2) is 9.58. The molecule has 0 fully saturated rings. The number of ether oxygens (including phenoxy) is 1. The van der Waals surface area contributed by atoms with Gasteiger partial charge in [-0.05, 0) is 48.2 Å². The van der Waals surface area contributed by atoms with Crippen molar-refractivity contribution >= 4 is 23.7 Å². The number of carbonyl (C=O) groups excluding carboxylic acids is 2. The lowest BCUT2D eigenvalue weighted by Gasteiger charge is -2.26. The average molecular weight is 477 g/mol. The van der Waals surface area contributed by atoms with Crippen molar-refractivity contribution in [1.29, 1.82) is 0 Å². The lowest BCUT2D eigenvalue weighted by molar-refractivity contribution is -0.117. The first kappa shape index (κ1) is 23.9. The van der Waals surface area contributed by atoms with Crippen LogP contribution in [0.3, 0.4) is 0 Å². The van der Waals surface area contributed by atoms with E-state index < -0.39 is 34.9 Å². The standard InChI is InChI=1S/C27H25FN2O5/c1-27(2,14-23(31)29-22-13-7-12-21(28)24(22)25(32)33)30-26(34)35-15-20-18-10-5-3-8-16(18)17-9-4-6-11-19(17)20/h3-13,20H,14-15H2,1-2H3,(H,29,31)(H,30,34)(H,32,33). The molecule has 0 saturated carbocycles. The number of amides is 2. The van der Waals surface area contributed by atoms with Crippen LogP contribution < -0.4 is 10.6 Å². The Hall–Kier alpha value is -4.20. The van der Waals surface area contributed by atoms with E-state index in [2.05, 4.69) is 10.6 Å². The Balaban J connectivity index is 1.37. The van der Waals surface area contributed by atoms with E-state index in [-0.39, 0.29) is 24.6 Å². The molecular formula is C27H25FN2O5. The lowest BCUT2D eigenvalue weighted by atomic mass is 9.98. The molecule has 0 aromatic heterocycles. The average Bonchev–Trinajstić information content (AvgIpc) is 3.10. The molecule has 1 aliphatic carbocycles. The molecule has 0 unspecified atom stereocenters. The number of aromatic carboxylic acids is 1. The fraction of sp³-hybridized carbons (Fsp3) is 0.222. The number of alkyl carbamates (subject to hydrolysis) is 1. The van der Waals surface area contributed by atoms with Gasteiger partial charge < -0.3 is 20.5 Å². The van der Waals surface area contributed by atoms with Crippen molar-refractivity contribution in [3.8, 4) is 11.1 Å². The predicted octanol–water partition coefficient (Wildman–Crippen LogP) is 5.17. The topological polar surface area (TPSA) is 105 Å². The lowest BCUT2D eigenvalue weighted by Crippen LogP contribution is -2.46. The highest BCUT2D eigenvalue weighted by atomic mass is 19.1. The van der Waals surface area contributed by atoms with E-state index in [1.54, 1.807) is 13.8 Å². The number of anilines is 1. The molecule has 0 aliphatic heterocycles. The molecule has 1 aliphatic rings. The van der Waals surface area contributed by atoms with Gasteiger partial charge in [0.15, 0.2) is 0 Å². The maximum absolute atomic E-state index is 13.9. The number of halogens is 1. The first-order chi connectivity index (χ1) is 16.7. The summed E-state index contributed by atoms with van der Waals surface area (Å²) >= 11 is 0. The molecule has 3 aromatic rings. The fourth-order valence-corrected chi connectivity index (χ4v) is 4.40. The van der Waals surface area contributed by atoms with Crippen molar-refractivity contribution in [3.63, 3.8) is 0 Å². The second-order valence-corrected chi connectivity index (χ2v) is 9.03. The number of rotatable bonds is 7. The summed E-state index contributed by atoms with van der Waals surface area (Å²) in [7, 11) is 0. The maximum atomic E-state index is 13.9. The van der Waals surface area contributed by atoms with Crippen LogP contribution in [0, 0.1) is 5.82 Å². The Bertz CT molecular complexity index is 1260. The van der Waals surface area contributed by atoms with Crippen molar-refractivity contribution in [3.05, 3.63) is 89.2 Å². The highest BCUT2D eigenvalue weighted by Gasteiger charge is 2.30. The highest BCUT2D eigenvalue weighted by Crippen LogP contribution is 2.44. The van der Waals surface area contributed by atoms with E-state index in [1.165, 1.54) is 12.1 Å². The number of hydrogen-bond acceptors (Lipinski definition) is 4. The Morgan fingerprint density at radius 2 is 1.54 bits per heavy atom. The van der Waals surface area contributed by atoms with Crippen molar-refractivity contribution < 1.29 is 28.6 Å². The molecule has 4 rings (SSSR count). The minimum absolute atomic E-state index is 0.0954. The summed E-state index contributed by atoms with van der Waals surface area (Å²) in [4.78, 5) is 36.4. The summed E-state index contributed by atoms with van der Waals surface area (Å²) in [5.74, 6) is -3.12. The molecule has 2 amide bonds. The molecule has 0 spiro atoms. The Morgan fingerprint density at radius 3 is 2.14 bits per heavy atom. The zero-order chi connectivity index (χ0) is 25.2. The number of carboxylic acid groups (broad SMARTS) is 1. The number of carboxylic acids is 1. The quantitative estimate of drug-likeness (QED) is 0.436. The molecule has 3 N–H and O–H groups in total. The van der Waals surface area contributed by atoms with Gasteiger partial charge in [0, 0.05) is 17.9 Å². The van der Waals surface area contributed by atoms with E-state index >= 15 is 0 Å². The molecule has 0 bridgehead atoms. The van der Waals surface area contributed by atoms with Gasteiger partial charge in [0.2, 0.25) is 5.91 Å². The van der Waals surface area contributed by atoms with E-state index in [9.17, 15) is 23.9 Å². The van der Waals surface area contributed by atoms with Crippen LogP contribution in [0.15, 0.2) is 66.7 Å². The van der Waals surface area contributed by atoms with E-state index in [1.807, 2.05) is 48.5 Å². The number of hydrogen-bond donors (Lipinski definition) is 3. The number of benzene rings is 3. The van der Waals surface area contributed by atoms with Crippen LogP contribution in [0.1, 0.15) is 47.7 Å². The van der Waals surface area contributed by atoms with Gasteiger partial charge in [-0.15, -0.1) is 0 Å². The van der Waals surface area contributed by atoms with Crippen LogP contribution in [0.4, 0.5) is 14.9 Å². The summed E-state index contributed by atoms with van der Waals surface area (Å²) < 4.78 is 19.4. The fourth-order valence-electron chi connectivity index (χ4n) is 4.40. The Kier molecular flexibility index (Phi) is 6.55. The number of fused-ring (bicyclic) bond motifs is 3. The van der Waals surface area contributed by atoms with Gasteiger partial charge in [0.1, 0.15) is 18.0 Å². The number of carbonyl (C=O) groups is 3. The molecule has 8 heteroatoms. The maximum Gasteiger partial charge on any atom is 0.407 e. The summed E-state index contributed by atoms with van der Waals surface area (Å²) in [6.45, 7) is 3.41. The van der Waals surface area contributed by atoms with Gasteiger partial charge in [-0.1, -0.05) is 54.6 Å². The summed E-state index contributed by atoms with van der Waals surface area (Å²) in [5.41, 5.74) is 2.62. The predicted molar refractivity (Wildman–Crippen MR) is 129 cm³/mol. The summed E-state index contributed by atoms with van der Waals surface area (Å²) in [5, 5.41) is 14.3. The van der Waals surface area contributed by atoms with Crippen molar-refractivity contribution in [1.82, 2.24) is 5.32 Å². The van der Waals surface area contributed by atoms with Gasteiger partial charge in [-0.3, -0.25) is 4.79 Å². The largest absolute Gasteiger partial charge is 0.478 e. The molecule has 7 nitrogen and oxygen atoms in total. The van der Waals surface area contributed by atoms with E-state index in [4.69, 9.17) is 4.74 Å². The Morgan fingerprint density at radius 1 is 0.943 bits per heavy atom. The van der Waals surface area contributed by atoms with E-state index in [0.717, 1.165) is 28.3 Å².